The van der Waals surface area contributed by atoms with Crippen molar-refractivity contribution in [2.45, 2.75) is 44.2 Å². The average Bonchev–Trinajstić information content (AvgIpc) is 3.16. The lowest BCUT2D eigenvalue weighted by Crippen LogP contribution is -2.35. The Morgan fingerprint density at radius 2 is 2.09 bits per heavy atom. The molecule has 2 aromatic rings. The van der Waals surface area contributed by atoms with Crippen molar-refractivity contribution in [1.82, 2.24) is 24.6 Å². The third-order valence-electron chi connectivity index (χ3n) is 4.98. The number of aryl methyl sites for hydroxylation is 1. The van der Waals surface area contributed by atoms with Gasteiger partial charge in [-0.3, -0.25) is 4.90 Å². The molecule has 7 nitrogen and oxygen atoms in total. The lowest BCUT2D eigenvalue weighted by Gasteiger charge is -2.33. The molecular formula is C16H23N5O2. The van der Waals surface area contributed by atoms with Gasteiger partial charge in [0.25, 0.3) is 0 Å². The summed E-state index contributed by atoms with van der Waals surface area (Å²) >= 11 is 0. The van der Waals surface area contributed by atoms with Gasteiger partial charge in [0.05, 0.1) is 6.54 Å². The Morgan fingerprint density at radius 1 is 1.30 bits per heavy atom. The zero-order valence-electron chi connectivity index (χ0n) is 13.4. The van der Waals surface area contributed by atoms with Crippen molar-refractivity contribution in [3.05, 3.63) is 29.9 Å². The third-order valence-corrected chi connectivity index (χ3v) is 4.98. The molecule has 124 valence electrons. The monoisotopic (exact) mass is 317 g/mol. The summed E-state index contributed by atoms with van der Waals surface area (Å²) in [5, 5.41) is 14.6. The summed E-state index contributed by atoms with van der Waals surface area (Å²) in [4.78, 5) is 11.1. The maximum atomic E-state index is 10.5. The van der Waals surface area contributed by atoms with E-state index >= 15 is 0 Å². The van der Waals surface area contributed by atoms with Crippen LogP contribution in [-0.2, 0) is 13.6 Å². The van der Waals surface area contributed by atoms with E-state index in [1.54, 1.807) is 6.20 Å². The van der Waals surface area contributed by atoms with Gasteiger partial charge in [0, 0.05) is 25.4 Å². The molecule has 2 aromatic heterocycles. The number of hydrogen-bond acceptors (Lipinski definition) is 6. The van der Waals surface area contributed by atoms with Gasteiger partial charge in [-0.15, -0.1) is 0 Å². The number of rotatable bonds is 5. The van der Waals surface area contributed by atoms with Crippen molar-refractivity contribution in [2.75, 3.05) is 13.1 Å². The number of aliphatic hydroxyl groups is 1. The zero-order chi connectivity index (χ0) is 15.8. The van der Waals surface area contributed by atoms with Crippen LogP contribution >= 0.6 is 0 Å². The number of likely N-dealkylation sites (tertiary alicyclic amines) is 1. The maximum Gasteiger partial charge on any atom is 0.229 e. The number of hydrogen-bond donors (Lipinski definition) is 1. The third kappa shape index (κ3) is 3.16. The molecule has 1 saturated heterocycles. The van der Waals surface area contributed by atoms with Crippen molar-refractivity contribution in [1.29, 1.82) is 0 Å². The summed E-state index contributed by atoms with van der Waals surface area (Å²) in [5.41, 5.74) is 0. The second-order valence-electron chi connectivity index (χ2n) is 6.78. The van der Waals surface area contributed by atoms with Crippen LogP contribution in [0.25, 0.3) is 0 Å². The molecule has 1 aliphatic carbocycles. The van der Waals surface area contributed by atoms with Gasteiger partial charge in [-0.05, 0) is 44.7 Å². The van der Waals surface area contributed by atoms with E-state index in [1.807, 2.05) is 17.8 Å². The molecule has 2 fully saturated rings. The standard InChI is InChI=1S/C16H23N5O2/c1-20-9-6-17-15(20)14(22)11-4-7-21(8-5-11)10-13-18-16(23-19-13)12-2-3-12/h6,9,11-12,14,22H,2-5,7-8,10H2,1H3/t14-/m0/s1. The van der Waals surface area contributed by atoms with Crippen LogP contribution < -0.4 is 0 Å². The first kappa shape index (κ1) is 14.8. The zero-order valence-corrected chi connectivity index (χ0v) is 13.4. The van der Waals surface area contributed by atoms with E-state index in [2.05, 4.69) is 20.0 Å². The van der Waals surface area contributed by atoms with E-state index in [9.17, 15) is 5.11 Å². The lowest BCUT2D eigenvalue weighted by atomic mass is 9.90. The molecule has 7 heteroatoms. The Kier molecular flexibility index (Phi) is 3.90. The summed E-state index contributed by atoms with van der Waals surface area (Å²) < 4.78 is 7.21. The number of piperidine rings is 1. The Morgan fingerprint density at radius 3 is 2.74 bits per heavy atom. The topological polar surface area (TPSA) is 80.2 Å². The predicted octanol–water partition coefficient (Wildman–Crippen LogP) is 1.63. The minimum atomic E-state index is -0.483. The first-order chi connectivity index (χ1) is 11.2. The molecule has 0 radical (unpaired) electrons. The highest BCUT2D eigenvalue weighted by Crippen LogP contribution is 2.39. The molecular weight excluding hydrogens is 294 g/mol. The van der Waals surface area contributed by atoms with E-state index in [1.165, 1.54) is 12.8 Å². The van der Waals surface area contributed by atoms with E-state index in [-0.39, 0.29) is 5.92 Å². The smallest absolute Gasteiger partial charge is 0.229 e. The number of nitrogens with zero attached hydrogens (tertiary/aromatic N) is 5. The molecule has 1 N–H and O–H groups in total. The Bertz CT molecular complexity index is 655. The Labute approximate surface area is 135 Å². The molecule has 0 aromatic carbocycles. The van der Waals surface area contributed by atoms with Crippen LogP contribution in [0.15, 0.2) is 16.9 Å². The van der Waals surface area contributed by atoms with Crippen molar-refractivity contribution >= 4 is 0 Å². The molecule has 0 bridgehead atoms. The van der Waals surface area contributed by atoms with Gasteiger partial charge >= 0.3 is 0 Å². The normalized spacial score (nSPS) is 21.7. The molecule has 1 atom stereocenters. The van der Waals surface area contributed by atoms with Gasteiger partial charge in [0.1, 0.15) is 11.9 Å². The van der Waals surface area contributed by atoms with Crippen LogP contribution in [-0.4, -0.2) is 42.8 Å². The lowest BCUT2D eigenvalue weighted by molar-refractivity contribution is 0.0484. The predicted molar refractivity (Wildman–Crippen MR) is 82.4 cm³/mol. The minimum absolute atomic E-state index is 0.264. The molecule has 23 heavy (non-hydrogen) atoms. The van der Waals surface area contributed by atoms with Crippen molar-refractivity contribution in [3.63, 3.8) is 0 Å². The quantitative estimate of drug-likeness (QED) is 0.903. The molecule has 1 saturated carbocycles. The molecule has 0 spiro atoms. The highest BCUT2D eigenvalue weighted by Gasteiger charge is 2.31. The summed E-state index contributed by atoms with van der Waals surface area (Å²) in [7, 11) is 1.92. The SMILES string of the molecule is Cn1ccnc1[C@@H](O)C1CCN(Cc2noc(C3CC3)n2)CC1. The van der Waals surface area contributed by atoms with E-state index in [0.29, 0.717) is 5.92 Å². The Hall–Kier alpha value is -1.73. The van der Waals surface area contributed by atoms with Crippen molar-refractivity contribution < 1.29 is 9.63 Å². The first-order valence-electron chi connectivity index (χ1n) is 8.41. The molecule has 3 heterocycles. The summed E-state index contributed by atoms with van der Waals surface area (Å²) in [6.45, 7) is 2.63. The number of aromatic nitrogens is 4. The minimum Gasteiger partial charge on any atom is -0.385 e. The second kappa shape index (κ2) is 6.05. The van der Waals surface area contributed by atoms with Crippen molar-refractivity contribution in [3.8, 4) is 0 Å². The van der Waals surface area contributed by atoms with Crippen LogP contribution in [0.2, 0.25) is 0 Å². The van der Waals surface area contributed by atoms with Crippen LogP contribution in [0, 0.1) is 5.92 Å². The fraction of sp³-hybridized carbons (Fsp3) is 0.688. The average molecular weight is 317 g/mol. The Balaban J connectivity index is 1.31. The molecule has 0 amide bonds. The maximum absolute atomic E-state index is 10.5. The molecule has 0 unspecified atom stereocenters. The second-order valence-corrected chi connectivity index (χ2v) is 6.78. The van der Waals surface area contributed by atoms with E-state index in [0.717, 1.165) is 50.0 Å². The van der Waals surface area contributed by atoms with Crippen LogP contribution in [0.5, 0.6) is 0 Å². The highest BCUT2D eigenvalue weighted by atomic mass is 16.5. The van der Waals surface area contributed by atoms with E-state index < -0.39 is 6.10 Å². The largest absolute Gasteiger partial charge is 0.385 e. The van der Waals surface area contributed by atoms with Gasteiger partial charge in [-0.2, -0.15) is 4.98 Å². The molecule has 4 rings (SSSR count). The summed E-state index contributed by atoms with van der Waals surface area (Å²) in [6, 6.07) is 0. The number of imidazole rings is 1. The van der Waals surface area contributed by atoms with Gasteiger partial charge in [0.2, 0.25) is 5.89 Å². The fourth-order valence-corrected chi connectivity index (χ4v) is 3.33. The highest BCUT2D eigenvalue weighted by molar-refractivity contribution is 5.02. The van der Waals surface area contributed by atoms with Gasteiger partial charge in [0.15, 0.2) is 5.82 Å². The molecule has 2 aliphatic rings. The van der Waals surface area contributed by atoms with Gasteiger partial charge in [-0.25, -0.2) is 4.98 Å². The summed E-state index contributed by atoms with van der Waals surface area (Å²) in [6.07, 6.45) is 7.41. The van der Waals surface area contributed by atoms with Crippen LogP contribution in [0.3, 0.4) is 0 Å². The molecule has 1 aliphatic heterocycles. The fourth-order valence-electron chi connectivity index (χ4n) is 3.33. The van der Waals surface area contributed by atoms with Crippen molar-refractivity contribution in [2.24, 2.45) is 13.0 Å². The van der Waals surface area contributed by atoms with Crippen LogP contribution in [0.4, 0.5) is 0 Å². The number of aliphatic hydroxyl groups excluding tert-OH is 1. The summed E-state index contributed by atoms with van der Waals surface area (Å²) in [5.74, 6) is 3.13. The van der Waals surface area contributed by atoms with E-state index in [4.69, 9.17) is 4.52 Å². The van der Waals surface area contributed by atoms with Crippen LogP contribution in [0.1, 0.15) is 55.2 Å². The first-order valence-corrected chi connectivity index (χ1v) is 8.41. The van der Waals surface area contributed by atoms with Gasteiger partial charge < -0.3 is 14.2 Å². The van der Waals surface area contributed by atoms with Gasteiger partial charge in [-0.1, -0.05) is 5.16 Å².